The van der Waals surface area contributed by atoms with E-state index in [0.29, 0.717) is 17.6 Å². The molecule has 3 nitrogen and oxygen atoms in total. The molecule has 0 aliphatic heterocycles. The van der Waals surface area contributed by atoms with Crippen LogP contribution in [0.5, 0.6) is 0 Å². The summed E-state index contributed by atoms with van der Waals surface area (Å²) in [6.07, 6.45) is 6.34. The van der Waals surface area contributed by atoms with Gasteiger partial charge in [0.15, 0.2) is 0 Å². The van der Waals surface area contributed by atoms with Crippen LogP contribution in [0.4, 0.5) is 0 Å². The quantitative estimate of drug-likeness (QED) is 0.878. The summed E-state index contributed by atoms with van der Waals surface area (Å²) in [5.41, 5.74) is 0.808. The molecular weight excluding hydrogens is 224 g/mol. The summed E-state index contributed by atoms with van der Waals surface area (Å²) in [5, 5.41) is 10.8. The van der Waals surface area contributed by atoms with Crippen molar-refractivity contribution in [3.05, 3.63) is 21.9 Å². The van der Waals surface area contributed by atoms with Crippen molar-refractivity contribution in [2.45, 2.75) is 44.8 Å². The summed E-state index contributed by atoms with van der Waals surface area (Å²) < 4.78 is 5.76. The summed E-state index contributed by atoms with van der Waals surface area (Å²) in [7, 11) is 0. The lowest BCUT2D eigenvalue weighted by Gasteiger charge is -2.21. The summed E-state index contributed by atoms with van der Waals surface area (Å²) >= 11 is 1.26. The van der Waals surface area contributed by atoms with Gasteiger partial charge in [-0.1, -0.05) is 19.3 Å². The normalized spacial score (nSPS) is 17.5. The van der Waals surface area contributed by atoms with Gasteiger partial charge in [-0.25, -0.2) is 4.79 Å². The Bertz CT molecular complexity index is 353. The highest BCUT2D eigenvalue weighted by atomic mass is 32.1. The molecule has 0 spiro atoms. The fraction of sp³-hybridized carbons (Fsp3) is 0.583. The topological polar surface area (TPSA) is 46.5 Å². The van der Waals surface area contributed by atoms with Crippen LogP contribution < -0.4 is 0 Å². The van der Waals surface area contributed by atoms with Gasteiger partial charge in [-0.15, -0.1) is 11.3 Å². The Morgan fingerprint density at radius 1 is 1.44 bits per heavy atom. The second-order valence-corrected chi connectivity index (χ2v) is 5.07. The third-order valence-electron chi connectivity index (χ3n) is 2.97. The summed E-state index contributed by atoms with van der Waals surface area (Å²) in [6.45, 7) is 0.440. The van der Waals surface area contributed by atoms with E-state index in [1.807, 2.05) is 11.4 Å². The van der Waals surface area contributed by atoms with Crippen molar-refractivity contribution >= 4 is 17.3 Å². The Balaban J connectivity index is 1.88. The van der Waals surface area contributed by atoms with Crippen LogP contribution >= 0.6 is 11.3 Å². The minimum absolute atomic E-state index is 0.329. The Labute approximate surface area is 99.1 Å². The fourth-order valence-electron chi connectivity index (χ4n) is 2.08. The largest absolute Gasteiger partial charge is 0.477 e. The van der Waals surface area contributed by atoms with Gasteiger partial charge in [-0.05, 0) is 24.3 Å². The zero-order valence-electron chi connectivity index (χ0n) is 9.15. The van der Waals surface area contributed by atoms with Gasteiger partial charge in [-0.2, -0.15) is 0 Å². The van der Waals surface area contributed by atoms with E-state index in [0.717, 1.165) is 18.4 Å². The molecule has 1 aromatic rings. The summed E-state index contributed by atoms with van der Waals surface area (Å²) in [5.74, 6) is -0.850. The molecule has 88 valence electrons. The van der Waals surface area contributed by atoms with Crippen LogP contribution in [0.25, 0.3) is 0 Å². The van der Waals surface area contributed by atoms with E-state index in [2.05, 4.69) is 0 Å². The second kappa shape index (κ2) is 5.46. The number of ether oxygens (including phenoxy) is 1. The molecule has 0 amide bonds. The second-order valence-electron chi connectivity index (χ2n) is 4.15. The third-order valence-corrected chi connectivity index (χ3v) is 3.91. The maximum absolute atomic E-state index is 10.9. The van der Waals surface area contributed by atoms with Crippen molar-refractivity contribution in [3.63, 3.8) is 0 Å². The molecule has 0 unspecified atom stereocenters. The van der Waals surface area contributed by atoms with Gasteiger partial charge in [0, 0.05) is 5.56 Å². The van der Waals surface area contributed by atoms with E-state index in [-0.39, 0.29) is 0 Å². The maximum atomic E-state index is 10.9. The standard InChI is InChI=1S/C12H16O3S/c13-12(14)11-9(6-7-16-11)8-15-10-4-2-1-3-5-10/h6-7,10H,1-5,8H2,(H,13,14). The van der Waals surface area contributed by atoms with Crippen molar-refractivity contribution in [2.24, 2.45) is 0 Å². The van der Waals surface area contributed by atoms with Crippen LogP contribution in [-0.2, 0) is 11.3 Å². The minimum Gasteiger partial charge on any atom is -0.477 e. The predicted molar refractivity (Wildman–Crippen MR) is 62.9 cm³/mol. The Hall–Kier alpha value is -0.870. The molecule has 1 N–H and O–H groups in total. The Morgan fingerprint density at radius 3 is 2.88 bits per heavy atom. The van der Waals surface area contributed by atoms with E-state index < -0.39 is 5.97 Å². The van der Waals surface area contributed by atoms with Crippen LogP contribution in [0.1, 0.15) is 47.3 Å². The number of rotatable bonds is 4. The zero-order chi connectivity index (χ0) is 11.4. The van der Waals surface area contributed by atoms with E-state index >= 15 is 0 Å². The number of carboxylic acid groups (broad SMARTS) is 1. The van der Waals surface area contributed by atoms with Crippen molar-refractivity contribution in [1.29, 1.82) is 0 Å². The predicted octanol–water partition coefficient (Wildman–Crippen LogP) is 3.30. The molecule has 4 heteroatoms. The van der Waals surface area contributed by atoms with Crippen LogP contribution in [0, 0.1) is 0 Å². The van der Waals surface area contributed by atoms with Crippen LogP contribution in [0.2, 0.25) is 0 Å². The molecule has 16 heavy (non-hydrogen) atoms. The molecule has 0 atom stereocenters. The van der Waals surface area contributed by atoms with Crippen LogP contribution in [0.15, 0.2) is 11.4 Å². The van der Waals surface area contributed by atoms with Crippen LogP contribution in [-0.4, -0.2) is 17.2 Å². The van der Waals surface area contributed by atoms with E-state index in [1.165, 1.54) is 30.6 Å². The molecule has 0 saturated heterocycles. The molecule has 2 rings (SSSR count). The van der Waals surface area contributed by atoms with Crippen molar-refractivity contribution in [2.75, 3.05) is 0 Å². The molecule has 1 heterocycles. The van der Waals surface area contributed by atoms with Crippen LogP contribution in [0.3, 0.4) is 0 Å². The summed E-state index contributed by atoms with van der Waals surface area (Å²) in [6, 6.07) is 1.84. The van der Waals surface area contributed by atoms with E-state index in [1.54, 1.807) is 0 Å². The zero-order valence-corrected chi connectivity index (χ0v) is 9.96. The first-order valence-corrected chi connectivity index (χ1v) is 6.56. The van der Waals surface area contributed by atoms with Gasteiger partial charge < -0.3 is 9.84 Å². The lowest BCUT2D eigenvalue weighted by atomic mass is 9.98. The molecule has 1 saturated carbocycles. The smallest absolute Gasteiger partial charge is 0.346 e. The molecule has 1 fully saturated rings. The van der Waals surface area contributed by atoms with E-state index in [9.17, 15) is 4.79 Å². The molecule has 1 aliphatic rings. The first-order valence-electron chi connectivity index (χ1n) is 5.68. The molecule has 1 aromatic heterocycles. The molecule has 0 aromatic carbocycles. The number of carboxylic acids is 1. The van der Waals surface area contributed by atoms with Gasteiger partial charge in [-0.3, -0.25) is 0 Å². The maximum Gasteiger partial charge on any atom is 0.346 e. The highest BCUT2D eigenvalue weighted by molar-refractivity contribution is 7.12. The van der Waals surface area contributed by atoms with E-state index in [4.69, 9.17) is 9.84 Å². The average molecular weight is 240 g/mol. The number of hydrogen-bond acceptors (Lipinski definition) is 3. The van der Waals surface area contributed by atoms with Crippen molar-refractivity contribution in [3.8, 4) is 0 Å². The third kappa shape index (κ3) is 2.83. The van der Waals surface area contributed by atoms with Gasteiger partial charge >= 0.3 is 5.97 Å². The average Bonchev–Trinajstić information content (AvgIpc) is 2.76. The number of thiophene rings is 1. The first kappa shape index (κ1) is 11.6. The van der Waals surface area contributed by atoms with Gasteiger partial charge in [0.1, 0.15) is 4.88 Å². The molecular formula is C12H16O3S. The Kier molecular flexibility index (Phi) is 3.96. The SMILES string of the molecule is O=C(O)c1sccc1COC1CCCCC1. The number of aromatic carboxylic acids is 1. The molecule has 0 radical (unpaired) electrons. The molecule has 1 aliphatic carbocycles. The number of carbonyl (C=O) groups is 1. The highest BCUT2D eigenvalue weighted by Gasteiger charge is 2.16. The molecule has 0 bridgehead atoms. The lowest BCUT2D eigenvalue weighted by Crippen LogP contribution is -2.16. The minimum atomic E-state index is -0.850. The monoisotopic (exact) mass is 240 g/mol. The fourth-order valence-corrected chi connectivity index (χ4v) is 2.82. The van der Waals surface area contributed by atoms with Crippen molar-refractivity contribution < 1.29 is 14.6 Å². The van der Waals surface area contributed by atoms with Crippen molar-refractivity contribution in [1.82, 2.24) is 0 Å². The summed E-state index contributed by atoms with van der Waals surface area (Å²) in [4.78, 5) is 11.3. The lowest BCUT2D eigenvalue weighted by molar-refractivity contribution is 0.0164. The van der Waals surface area contributed by atoms with Gasteiger partial charge in [0.25, 0.3) is 0 Å². The van der Waals surface area contributed by atoms with Gasteiger partial charge in [0.2, 0.25) is 0 Å². The highest BCUT2D eigenvalue weighted by Crippen LogP contribution is 2.23. The first-order chi connectivity index (χ1) is 7.77. The van der Waals surface area contributed by atoms with Gasteiger partial charge in [0.05, 0.1) is 12.7 Å². The Morgan fingerprint density at radius 2 is 2.19 bits per heavy atom. The number of hydrogen-bond donors (Lipinski definition) is 1.